The number of sulfone groups is 1. The van der Waals surface area contributed by atoms with E-state index >= 15 is 0 Å². The molecule has 0 fully saturated rings. The summed E-state index contributed by atoms with van der Waals surface area (Å²) in [5.41, 5.74) is 0. The van der Waals surface area contributed by atoms with Crippen LogP contribution in [0.2, 0.25) is 0 Å². The lowest BCUT2D eigenvalue weighted by molar-refractivity contribution is 0.559. The first-order valence-electron chi connectivity index (χ1n) is 3.53. The normalized spacial score (nSPS) is 16.5. The fourth-order valence-electron chi connectivity index (χ4n) is 0.552. The Morgan fingerprint density at radius 2 is 1.73 bits per heavy atom. The van der Waals surface area contributed by atoms with Gasteiger partial charge in [0.1, 0.15) is 0 Å². The van der Waals surface area contributed by atoms with E-state index in [1.54, 1.807) is 27.7 Å². The van der Waals surface area contributed by atoms with Crippen LogP contribution in [0.5, 0.6) is 0 Å². The van der Waals surface area contributed by atoms with E-state index in [0.29, 0.717) is 0 Å². The van der Waals surface area contributed by atoms with Crippen LogP contribution in [-0.4, -0.2) is 24.3 Å². The molecule has 0 saturated carbocycles. The Labute approximate surface area is 73.9 Å². The van der Waals surface area contributed by atoms with Crippen LogP contribution in [0.1, 0.15) is 27.7 Å². The summed E-state index contributed by atoms with van der Waals surface area (Å²) in [6, 6.07) is 0. The highest BCUT2D eigenvalue weighted by atomic mass is 35.5. The Kier molecular flexibility index (Phi) is 3.39. The summed E-state index contributed by atoms with van der Waals surface area (Å²) in [5.74, 6) is 0.0536. The highest BCUT2D eigenvalue weighted by Gasteiger charge is 2.29. The maximum Gasteiger partial charge on any atom is 0.156 e. The lowest BCUT2D eigenvalue weighted by atomic mass is 10.3. The van der Waals surface area contributed by atoms with Crippen molar-refractivity contribution in [2.45, 2.75) is 37.8 Å². The molecule has 0 aromatic carbocycles. The van der Waals surface area contributed by atoms with Crippen molar-refractivity contribution < 1.29 is 8.42 Å². The number of hydrogen-bond acceptors (Lipinski definition) is 2. The molecule has 4 heteroatoms. The number of halogens is 1. The van der Waals surface area contributed by atoms with Crippen molar-refractivity contribution in [1.29, 1.82) is 0 Å². The molecule has 0 aliphatic rings. The summed E-state index contributed by atoms with van der Waals surface area (Å²) < 4.78 is 22.1. The van der Waals surface area contributed by atoms with Crippen molar-refractivity contribution in [1.82, 2.24) is 0 Å². The number of alkyl halides is 1. The highest BCUT2D eigenvalue weighted by Crippen LogP contribution is 2.17. The van der Waals surface area contributed by atoms with E-state index in [-0.39, 0.29) is 11.1 Å². The van der Waals surface area contributed by atoms with E-state index in [9.17, 15) is 8.42 Å². The third kappa shape index (κ3) is 3.43. The summed E-state index contributed by atoms with van der Waals surface area (Å²) in [4.78, 5) is 0. The first kappa shape index (κ1) is 11.2. The molecule has 0 aromatic rings. The van der Waals surface area contributed by atoms with Gasteiger partial charge in [0, 0.05) is 5.38 Å². The van der Waals surface area contributed by atoms with Gasteiger partial charge in [-0.15, -0.1) is 11.6 Å². The third-order valence-electron chi connectivity index (χ3n) is 1.38. The van der Waals surface area contributed by atoms with Crippen LogP contribution in [0.4, 0.5) is 0 Å². The zero-order chi connectivity index (χ0) is 9.28. The molecule has 0 radical (unpaired) electrons. The quantitative estimate of drug-likeness (QED) is 0.635. The van der Waals surface area contributed by atoms with E-state index in [0.717, 1.165) is 0 Å². The molecule has 0 rings (SSSR count). The Morgan fingerprint density at radius 1 is 1.36 bits per heavy atom. The van der Waals surface area contributed by atoms with Crippen LogP contribution < -0.4 is 0 Å². The lowest BCUT2D eigenvalue weighted by Crippen LogP contribution is -2.32. The second-order valence-corrected chi connectivity index (χ2v) is 7.21. The fraction of sp³-hybridized carbons (Fsp3) is 1.00. The molecule has 2 nitrogen and oxygen atoms in total. The first-order valence-corrected chi connectivity index (χ1v) is 5.62. The van der Waals surface area contributed by atoms with Gasteiger partial charge in [-0.2, -0.15) is 0 Å². The van der Waals surface area contributed by atoms with Gasteiger partial charge in [-0.3, -0.25) is 0 Å². The van der Waals surface area contributed by atoms with Gasteiger partial charge in [0.2, 0.25) is 0 Å². The predicted octanol–water partition coefficient (Wildman–Crippen LogP) is 1.83. The zero-order valence-electron chi connectivity index (χ0n) is 7.39. The molecule has 0 amide bonds. The highest BCUT2D eigenvalue weighted by molar-refractivity contribution is 7.92. The molecule has 1 unspecified atom stereocenters. The van der Waals surface area contributed by atoms with Crippen molar-refractivity contribution in [3.05, 3.63) is 0 Å². The van der Waals surface area contributed by atoms with Crippen LogP contribution in [0.25, 0.3) is 0 Å². The van der Waals surface area contributed by atoms with Gasteiger partial charge in [-0.25, -0.2) is 8.42 Å². The summed E-state index contributed by atoms with van der Waals surface area (Å²) in [5, 5.41) is -0.306. The molecule has 68 valence electrons. The SMILES string of the molecule is CC(Cl)CS(=O)(=O)C(C)(C)C. The lowest BCUT2D eigenvalue weighted by Gasteiger charge is -2.19. The van der Waals surface area contributed by atoms with E-state index in [1.807, 2.05) is 0 Å². The molecule has 0 bridgehead atoms. The van der Waals surface area contributed by atoms with E-state index in [1.165, 1.54) is 0 Å². The molecule has 1 atom stereocenters. The Bertz CT molecular complexity index is 211. The van der Waals surface area contributed by atoms with Crippen molar-refractivity contribution in [3.8, 4) is 0 Å². The Balaban J connectivity index is 4.51. The van der Waals surface area contributed by atoms with Crippen molar-refractivity contribution in [2.24, 2.45) is 0 Å². The van der Waals surface area contributed by atoms with Gasteiger partial charge >= 0.3 is 0 Å². The molecule has 0 aliphatic carbocycles. The average molecular weight is 199 g/mol. The zero-order valence-corrected chi connectivity index (χ0v) is 8.96. The second-order valence-electron chi connectivity index (χ2n) is 3.67. The van der Waals surface area contributed by atoms with Gasteiger partial charge in [0.05, 0.1) is 10.5 Å². The minimum atomic E-state index is -3.03. The van der Waals surface area contributed by atoms with Crippen LogP contribution >= 0.6 is 11.6 Å². The molecule has 11 heavy (non-hydrogen) atoms. The topological polar surface area (TPSA) is 34.1 Å². The fourth-order valence-corrected chi connectivity index (χ4v) is 2.15. The van der Waals surface area contributed by atoms with Crippen LogP contribution in [0.3, 0.4) is 0 Å². The average Bonchev–Trinajstić information content (AvgIpc) is 1.56. The van der Waals surface area contributed by atoms with Gasteiger partial charge in [0.25, 0.3) is 0 Å². The third-order valence-corrected chi connectivity index (χ3v) is 4.52. The van der Waals surface area contributed by atoms with E-state index < -0.39 is 14.6 Å². The van der Waals surface area contributed by atoms with Gasteiger partial charge in [-0.05, 0) is 27.7 Å². The minimum absolute atomic E-state index is 0.0536. The maximum atomic E-state index is 11.4. The molecule has 0 N–H and O–H groups in total. The van der Waals surface area contributed by atoms with E-state index in [2.05, 4.69) is 0 Å². The van der Waals surface area contributed by atoms with Gasteiger partial charge < -0.3 is 0 Å². The predicted molar refractivity (Wildman–Crippen MR) is 48.9 cm³/mol. The molecular weight excluding hydrogens is 184 g/mol. The smallest absolute Gasteiger partial charge is 0.156 e. The van der Waals surface area contributed by atoms with Crippen LogP contribution in [0.15, 0.2) is 0 Å². The summed E-state index contributed by atoms with van der Waals surface area (Å²) in [7, 11) is -3.03. The maximum absolute atomic E-state index is 11.4. The minimum Gasteiger partial charge on any atom is -0.228 e. The first-order chi connectivity index (χ1) is 4.67. The molecule has 0 aromatic heterocycles. The summed E-state index contributed by atoms with van der Waals surface area (Å²) in [6.07, 6.45) is 0. The summed E-state index contributed by atoms with van der Waals surface area (Å²) >= 11 is 5.59. The monoisotopic (exact) mass is 198 g/mol. The largest absolute Gasteiger partial charge is 0.228 e. The summed E-state index contributed by atoms with van der Waals surface area (Å²) in [6.45, 7) is 6.73. The van der Waals surface area contributed by atoms with Crippen molar-refractivity contribution >= 4 is 21.4 Å². The van der Waals surface area contributed by atoms with Crippen LogP contribution in [-0.2, 0) is 9.84 Å². The standard InChI is InChI=1S/C7H15ClO2S/c1-6(8)5-11(9,10)7(2,3)4/h6H,5H2,1-4H3. The second kappa shape index (κ2) is 3.31. The molecule has 0 saturated heterocycles. The molecular formula is C7H15ClO2S. The number of rotatable bonds is 2. The van der Waals surface area contributed by atoms with Gasteiger partial charge in [0.15, 0.2) is 9.84 Å². The molecule has 0 aliphatic heterocycles. The van der Waals surface area contributed by atoms with Crippen molar-refractivity contribution in [2.75, 3.05) is 5.75 Å². The van der Waals surface area contributed by atoms with Crippen LogP contribution in [0, 0.1) is 0 Å². The number of hydrogen-bond donors (Lipinski definition) is 0. The van der Waals surface area contributed by atoms with E-state index in [4.69, 9.17) is 11.6 Å². The Morgan fingerprint density at radius 3 is 1.82 bits per heavy atom. The molecule has 0 spiro atoms. The van der Waals surface area contributed by atoms with Crippen molar-refractivity contribution in [3.63, 3.8) is 0 Å². The Hall–Kier alpha value is 0.240. The molecule has 0 heterocycles. The van der Waals surface area contributed by atoms with Gasteiger partial charge in [-0.1, -0.05) is 0 Å².